The van der Waals surface area contributed by atoms with Crippen LogP contribution >= 0.6 is 0 Å². The van der Waals surface area contributed by atoms with Crippen LogP contribution in [0.2, 0.25) is 0 Å². The Morgan fingerprint density at radius 3 is 2.32 bits per heavy atom. The van der Waals surface area contributed by atoms with E-state index in [2.05, 4.69) is 137 Å². The second-order valence-electron chi connectivity index (χ2n) is 11.5. The molecule has 1 saturated heterocycles. The highest BCUT2D eigenvalue weighted by atomic mass is 16.5. The third-order valence-electron chi connectivity index (χ3n) is 8.81. The molecule has 5 heteroatoms. The molecular weight excluding hydrogens is 540 g/mol. The lowest BCUT2D eigenvalue weighted by molar-refractivity contribution is 0.219. The molecule has 4 aromatic rings. The van der Waals surface area contributed by atoms with Crippen molar-refractivity contribution >= 4 is 16.9 Å². The molecule has 0 amide bonds. The van der Waals surface area contributed by atoms with Crippen LogP contribution < -0.4 is 25.6 Å². The van der Waals surface area contributed by atoms with Gasteiger partial charge in [-0.25, -0.2) is 0 Å². The van der Waals surface area contributed by atoms with Gasteiger partial charge in [0.1, 0.15) is 11.5 Å². The van der Waals surface area contributed by atoms with Crippen molar-refractivity contribution in [3.8, 4) is 16.9 Å². The van der Waals surface area contributed by atoms with E-state index in [1.165, 1.54) is 16.7 Å². The largest absolute Gasteiger partial charge is 0.456 e. The van der Waals surface area contributed by atoms with E-state index < -0.39 is 0 Å². The van der Waals surface area contributed by atoms with Crippen LogP contribution in [-0.2, 0) is 0 Å². The summed E-state index contributed by atoms with van der Waals surface area (Å²) in [5, 5.41) is 11.5. The summed E-state index contributed by atoms with van der Waals surface area (Å²) in [6.45, 7) is 4.51. The molecule has 216 valence electrons. The van der Waals surface area contributed by atoms with Crippen LogP contribution in [0.15, 0.2) is 152 Å². The Bertz CT molecular complexity index is 1870. The normalized spacial score (nSPS) is 22.9. The molecule has 44 heavy (non-hydrogen) atoms. The highest BCUT2D eigenvalue weighted by molar-refractivity contribution is 5.98. The van der Waals surface area contributed by atoms with Gasteiger partial charge >= 0.3 is 0 Å². The summed E-state index contributed by atoms with van der Waals surface area (Å²) in [4.78, 5) is 2.26. The molecule has 3 N–H and O–H groups in total. The predicted octanol–water partition coefficient (Wildman–Crippen LogP) is 8.39. The lowest BCUT2D eigenvalue weighted by Crippen LogP contribution is -2.59. The molecule has 3 heterocycles. The van der Waals surface area contributed by atoms with Crippen LogP contribution in [0.3, 0.4) is 0 Å². The third kappa shape index (κ3) is 4.81. The zero-order valence-electron chi connectivity index (χ0n) is 24.4. The Kier molecular flexibility index (Phi) is 6.84. The van der Waals surface area contributed by atoms with E-state index in [0.29, 0.717) is 0 Å². The molecule has 3 unspecified atom stereocenters. The van der Waals surface area contributed by atoms with E-state index in [9.17, 15) is 0 Å². The fraction of sp³-hybridized carbons (Fsp3) is 0.128. The van der Waals surface area contributed by atoms with Crippen molar-refractivity contribution in [3.05, 3.63) is 168 Å². The lowest BCUT2D eigenvalue weighted by atomic mass is 9.92. The minimum absolute atomic E-state index is 0.00125. The number of nitrogens with one attached hydrogen (secondary N) is 3. The first-order chi connectivity index (χ1) is 21.7. The van der Waals surface area contributed by atoms with Gasteiger partial charge in [-0.15, -0.1) is 0 Å². The minimum atomic E-state index is -0.0634. The van der Waals surface area contributed by atoms with Crippen LogP contribution in [-0.4, -0.2) is 6.17 Å². The van der Waals surface area contributed by atoms with Gasteiger partial charge in [-0.05, 0) is 71.5 Å². The SMILES string of the molecule is C=C1C2=C/C=C\N(c3cccc(C4NC(C5=CC=CCC5)NC(c5ccccc5)N4)c3)c3cccc(c31)-c1ccccc1O2. The highest BCUT2D eigenvalue weighted by Gasteiger charge is 2.31. The van der Waals surface area contributed by atoms with Crippen molar-refractivity contribution in [3.63, 3.8) is 0 Å². The molecule has 0 spiro atoms. The maximum Gasteiger partial charge on any atom is 0.135 e. The standard InChI is InChI=1S/C39H34N4O/c1-26-34-23-12-24-43(33-21-11-20-32(36(26)33)31-19-8-9-22-35(31)44-34)30-18-10-17-29(25-30)39-41-37(27-13-4-2-5-14-27)40-38(42-39)28-15-6-3-7-16-28/h2-6,8-15,17-25,37-42H,1,7,16H2/b24-12-,34-23?. The van der Waals surface area contributed by atoms with E-state index in [1.807, 2.05) is 24.3 Å². The Balaban J connectivity index is 1.20. The fourth-order valence-electron chi connectivity index (χ4n) is 6.63. The molecule has 0 aromatic heterocycles. The van der Waals surface area contributed by atoms with Gasteiger partial charge in [0, 0.05) is 28.6 Å². The summed E-state index contributed by atoms with van der Waals surface area (Å²) in [6.07, 6.45) is 14.9. The van der Waals surface area contributed by atoms with Crippen LogP contribution in [0.25, 0.3) is 16.7 Å². The number of hydrogen-bond acceptors (Lipinski definition) is 5. The molecule has 1 fully saturated rings. The van der Waals surface area contributed by atoms with Crippen molar-refractivity contribution in [2.75, 3.05) is 4.90 Å². The van der Waals surface area contributed by atoms with E-state index in [1.54, 1.807) is 0 Å². The number of anilines is 2. The smallest absolute Gasteiger partial charge is 0.135 e. The van der Waals surface area contributed by atoms with Gasteiger partial charge in [0.25, 0.3) is 0 Å². The molecular formula is C39H34N4O. The molecule has 4 aliphatic rings. The van der Waals surface area contributed by atoms with Crippen molar-refractivity contribution in [2.24, 2.45) is 0 Å². The molecule has 4 aromatic carbocycles. The first-order valence-corrected chi connectivity index (χ1v) is 15.3. The molecule has 5 nitrogen and oxygen atoms in total. The summed E-state index contributed by atoms with van der Waals surface area (Å²) >= 11 is 0. The number of fused-ring (bicyclic) bond motifs is 3. The molecule has 0 radical (unpaired) electrons. The van der Waals surface area contributed by atoms with Crippen molar-refractivity contribution < 1.29 is 4.74 Å². The Morgan fingerprint density at radius 2 is 1.45 bits per heavy atom. The second kappa shape index (κ2) is 11.3. The summed E-state index contributed by atoms with van der Waals surface area (Å²) in [5.41, 5.74) is 10.0. The van der Waals surface area contributed by atoms with Gasteiger partial charge in [-0.3, -0.25) is 16.0 Å². The first kappa shape index (κ1) is 26.7. The van der Waals surface area contributed by atoms with Gasteiger partial charge in [-0.1, -0.05) is 97.6 Å². The summed E-state index contributed by atoms with van der Waals surface area (Å²) in [7, 11) is 0. The Labute approximate surface area is 258 Å². The highest BCUT2D eigenvalue weighted by Crippen LogP contribution is 2.47. The number of ether oxygens (including phenoxy) is 1. The van der Waals surface area contributed by atoms with Gasteiger partial charge in [0.2, 0.25) is 0 Å². The van der Waals surface area contributed by atoms with Gasteiger partial charge < -0.3 is 9.64 Å². The number of benzene rings is 4. The zero-order chi connectivity index (χ0) is 29.5. The number of para-hydroxylation sites is 1. The number of hydrogen-bond donors (Lipinski definition) is 3. The molecule has 8 rings (SSSR count). The quantitative estimate of drug-likeness (QED) is 0.229. The third-order valence-corrected chi connectivity index (χ3v) is 8.81. The zero-order valence-corrected chi connectivity index (χ0v) is 24.4. The second-order valence-corrected chi connectivity index (χ2v) is 11.5. The lowest BCUT2D eigenvalue weighted by Gasteiger charge is -2.41. The van der Waals surface area contributed by atoms with Crippen molar-refractivity contribution in [1.29, 1.82) is 0 Å². The van der Waals surface area contributed by atoms with Crippen LogP contribution in [0.1, 0.15) is 41.9 Å². The van der Waals surface area contributed by atoms with Gasteiger partial charge in [0.05, 0.1) is 24.2 Å². The molecule has 3 aliphatic heterocycles. The average Bonchev–Trinajstić information content (AvgIpc) is 3.21. The monoisotopic (exact) mass is 574 g/mol. The molecule has 3 atom stereocenters. The van der Waals surface area contributed by atoms with Gasteiger partial charge in [-0.2, -0.15) is 0 Å². The first-order valence-electron chi connectivity index (χ1n) is 15.3. The van der Waals surface area contributed by atoms with Gasteiger partial charge in [0.15, 0.2) is 0 Å². The number of nitrogens with zero attached hydrogens (tertiary/aromatic N) is 1. The number of allylic oxidation sites excluding steroid dienone is 6. The summed E-state index contributed by atoms with van der Waals surface area (Å²) in [5.74, 6) is 1.61. The fourth-order valence-corrected chi connectivity index (χ4v) is 6.63. The summed E-state index contributed by atoms with van der Waals surface area (Å²) in [6, 6.07) is 34.1. The average molecular weight is 575 g/mol. The predicted molar refractivity (Wildman–Crippen MR) is 179 cm³/mol. The van der Waals surface area contributed by atoms with Crippen molar-refractivity contribution in [2.45, 2.75) is 31.3 Å². The van der Waals surface area contributed by atoms with Crippen LogP contribution in [0.5, 0.6) is 5.75 Å². The van der Waals surface area contributed by atoms with Crippen molar-refractivity contribution in [1.82, 2.24) is 16.0 Å². The molecule has 0 saturated carbocycles. The summed E-state index contributed by atoms with van der Waals surface area (Å²) < 4.78 is 6.39. The van der Waals surface area contributed by atoms with E-state index in [4.69, 9.17) is 4.74 Å². The van der Waals surface area contributed by atoms with E-state index >= 15 is 0 Å². The Morgan fingerprint density at radius 1 is 0.705 bits per heavy atom. The van der Waals surface area contributed by atoms with E-state index in [0.717, 1.165) is 58.0 Å². The maximum atomic E-state index is 6.39. The molecule has 1 aliphatic carbocycles. The topological polar surface area (TPSA) is 48.6 Å². The maximum absolute atomic E-state index is 6.39. The van der Waals surface area contributed by atoms with E-state index in [-0.39, 0.29) is 18.5 Å². The van der Waals surface area contributed by atoms with Crippen LogP contribution in [0.4, 0.5) is 11.4 Å². The Hall–Kier alpha value is -4.94. The molecule has 2 bridgehead atoms. The number of rotatable bonds is 4. The minimum Gasteiger partial charge on any atom is -0.456 e. The van der Waals surface area contributed by atoms with Crippen LogP contribution in [0, 0.1) is 0 Å².